The minimum atomic E-state index is 0. The summed E-state index contributed by atoms with van der Waals surface area (Å²) in [6, 6.07) is 3.97. The van der Waals surface area contributed by atoms with Crippen LogP contribution in [0.1, 0.15) is 30.4 Å². The topological polar surface area (TPSA) is 41.1 Å². The maximum Gasteiger partial charge on any atom is 0.261 e. The Bertz CT molecular complexity index is 338. The predicted molar refractivity (Wildman–Crippen MR) is 72.9 cm³/mol. The quantitative estimate of drug-likeness (QED) is 0.876. The van der Waals surface area contributed by atoms with Crippen molar-refractivity contribution in [2.45, 2.75) is 26.8 Å². The van der Waals surface area contributed by atoms with Crippen LogP contribution in [-0.4, -0.2) is 19.0 Å². The van der Waals surface area contributed by atoms with Gasteiger partial charge in [0.2, 0.25) is 0 Å². The smallest absolute Gasteiger partial charge is 0.261 e. The zero-order chi connectivity index (χ0) is 11.4. The number of anilines is 1. The summed E-state index contributed by atoms with van der Waals surface area (Å²) >= 11 is 1.47. The molecule has 0 aliphatic heterocycles. The molecular formula is C11H19ClN2OS. The van der Waals surface area contributed by atoms with Crippen LogP contribution in [0, 0.1) is 5.92 Å². The molecule has 1 aromatic rings. The Morgan fingerprint density at radius 3 is 2.38 bits per heavy atom. The predicted octanol–water partition coefficient (Wildman–Crippen LogP) is 2.99. The van der Waals surface area contributed by atoms with E-state index in [4.69, 9.17) is 0 Å². The Kier molecular flexibility index (Phi) is 6.45. The Hall–Kier alpha value is -0.740. The Morgan fingerprint density at radius 2 is 1.94 bits per heavy atom. The number of thiophene rings is 1. The number of hydrogen-bond acceptors (Lipinski definition) is 3. The van der Waals surface area contributed by atoms with Gasteiger partial charge in [-0.2, -0.15) is 0 Å². The first-order valence-electron chi connectivity index (χ1n) is 5.13. The van der Waals surface area contributed by atoms with Crippen LogP contribution >= 0.6 is 23.7 Å². The molecule has 16 heavy (non-hydrogen) atoms. The van der Waals surface area contributed by atoms with Gasteiger partial charge in [-0.15, -0.1) is 23.7 Å². The molecule has 0 saturated carbocycles. The van der Waals surface area contributed by atoms with Crippen LogP contribution in [-0.2, 0) is 0 Å². The highest BCUT2D eigenvalue weighted by molar-refractivity contribution is 7.17. The van der Waals surface area contributed by atoms with Crippen LogP contribution in [0.3, 0.4) is 0 Å². The van der Waals surface area contributed by atoms with E-state index in [-0.39, 0.29) is 24.4 Å². The van der Waals surface area contributed by atoms with E-state index in [0.29, 0.717) is 5.92 Å². The summed E-state index contributed by atoms with van der Waals surface area (Å²) in [5.74, 6) is 0.473. The largest absolute Gasteiger partial charge is 0.380 e. The SMILES string of the molecule is CNc1ccc(C(=O)NC(C)C(C)C)s1.Cl. The van der Waals surface area contributed by atoms with Crippen molar-refractivity contribution in [2.24, 2.45) is 5.92 Å². The van der Waals surface area contributed by atoms with Crippen molar-refractivity contribution < 1.29 is 4.79 Å². The van der Waals surface area contributed by atoms with Crippen LogP contribution in [0.5, 0.6) is 0 Å². The lowest BCUT2D eigenvalue weighted by molar-refractivity contribution is 0.0934. The fraction of sp³-hybridized carbons (Fsp3) is 0.545. The number of carbonyl (C=O) groups is 1. The second-order valence-corrected chi connectivity index (χ2v) is 5.00. The molecule has 2 N–H and O–H groups in total. The summed E-state index contributed by atoms with van der Waals surface area (Å²) in [5, 5.41) is 7.00. The lowest BCUT2D eigenvalue weighted by atomic mass is 10.1. The average Bonchev–Trinajstić information content (AvgIpc) is 2.65. The first-order valence-corrected chi connectivity index (χ1v) is 5.94. The van der Waals surface area contributed by atoms with E-state index in [0.717, 1.165) is 9.88 Å². The van der Waals surface area contributed by atoms with Gasteiger partial charge in [0.05, 0.1) is 9.88 Å². The molecule has 1 unspecified atom stereocenters. The Labute approximate surface area is 107 Å². The average molecular weight is 263 g/mol. The van der Waals surface area contributed by atoms with Crippen LogP contribution in [0.4, 0.5) is 5.00 Å². The maximum absolute atomic E-state index is 11.8. The third-order valence-corrected chi connectivity index (χ3v) is 3.54. The minimum Gasteiger partial charge on any atom is -0.380 e. The molecule has 0 aliphatic rings. The van der Waals surface area contributed by atoms with Gasteiger partial charge < -0.3 is 10.6 Å². The number of hydrogen-bond donors (Lipinski definition) is 2. The molecule has 1 rings (SSSR count). The van der Waals surface area contributed by atoms with E-state index in [1.54, 1.807) is 0 Å². The lowest BCUT2D eigenvalue weighted by Gasteiger charge is -2.16. The molecule has 1 atom stereocenters. The van der Waals surface area contributed by atoms with Gasteiger partial charge in [0.1, 0.15) is 0 Å². The van der Waals surface area contributed by atoms with Gasteiger partial charge in [0, 0.05) is 13.1 Å². The second-order valence-electron chi connectivity index (χ2n) is 3.92. The van der Waals surface area contributed by atoms with Crippen LogP contribution in [0.2, 0.25) is 0 Å². The lowest BCUT2D eigenvalue weighted by Crippen LogP contribution is -2.35. The van der Waals surface area contributed by atoms with Crippen molar-refractivity contribution in [3.8, 4) is 0 Å². The van der Waals surface area contributed by atoms with Crippen molar-refractivity contribution in [1.29, 1.82) is 0 Å². The molecule has 92 valence electrons. The highest BCUT2D eigenvalue weighted by Crippen LogP contribution is 2.21. The van der Waals surface area contributed by atoms with Gasteiger partial charge in [-0.1, -0.05) is 13.8 Å². The molecule has 1 aromatic heterocycles. The number of amides is 1. The summed E-state index contributed by atoms with van der Waals surface area (Å²) in [6.07, 6.45) is 0. The first kappa shape index (κ1) is 15.3. The molecule has 0 spiro atoms. The fourth-order valence-electron chi connectivity index (χ4n) is 1.04. The molecule has 5 heteroatoms. The number of rotatable bonds is 4. The molecule has 1 heterocycles. The van der Waals surface area contributed by atoms with E-state index in [1.165, 1.54) is 11.3 Å². The summed E-state index contributed by atoms with van der Waals surface area (Å²) in [7, 11) is 1.85. The third-order valence-electron chi connectivity index (χ3n) is 2.43. The van der Waals surface area contributed by atoms with E-state index >= 15 is 0 Å². The zero-order valence-electron chi connectivity index (χ0n) is 10.0. The van der Waals surface area contributed by atoms with Gasteiger partial charge in [0.15, 0.2) is 0 Å². The summed E-state index contributed by atoms with van der Waals surface area (Å²) in [5.41, 5.74) is 0. The second kappa shape index (κ2) is 6.76. The zero-order valence-corrected chi connectivity index (χ0v) is 11.7. The van der Waals surface area contributed by atoms with Crippen LogP contribution in [0.25, 0.3) is 0 Å². The first-order chi connectivity index (χ1) is 7.04. The van der Waals surface area contributed by atoms with Crippen LogP contribution < -0.4 is 10.6 Å². The molecule has 0 aliphatic carbocycles. The monoisotopic (exact) mass is 262 g/mol. The van der Waals surface area contributed by atoms with Gasteiger partial charge in [0.25, 0.3) is 5.91 Å². The van der Waals surface area contributed by atoms with Gasteiger partial charge in [-0.25, -0.2) is 0 Å². The Morgan fingerprint density at radius 1 is 1.31 bits per heavy atom. The van der Waals surface area contributed by atoms with Gasteiger partial charge >= 0.3 is 0 Å². The van der Waals surface area contributed by atoms with Crippen molar-refractivity contribution in [3.05, 3.63) is 17.0 Å². The molecule has 0 fully saturated rings. The highest BCUT2D eigenvalue weighted by atomic mass is 35.5. The maximum atomic E-state index is 11.8. The Balaban J connectivity index is 0.00000225. The number of carbonyl (C=O) groups excluding carboxylic acids is 1. The molecular weight excluding hydrogens is 244 g/mol. The number of halogens is 1. The molecule has 3 nitrogen and oxygen atoms in total. The van der Waals surface area contributed by atoms with Gasteiger partial charge in [-0.05, 0) is 25.0 Å². The standard InChI is InChI=1S/C11H18N2OS.ClH/c1-7(2)8(3)13-11(14)9-5-6-10(12-4)15-9;/h5-8,12H,1-4H3,(H,13,14);1H. The molecule has 0 saturated heterocycles. The van der Waals surface area contributed by atoms with E-state index in [1.807, 2.05) is 26.1 Å². The van der Waals surface area contributed by atoms with E-state index in [2.05, 4.69) is 24.5 Å². The molecule has 0 bridgehead atoms. The fourth-order valence-corrected chi connectivity index (χ4v) is 1.80. The van der Waals surface area contributed by atoms with Crippen molar-refractivity contribution >= 4 is 34.7 Å². The van der Waals surface area contributed by atoms with Crippen molar-refractivity contribution in [2.75, 3.05) is 12.4 Å². The van der Waals surface area contributed by atoms with Crippen LogP contribution in [0.15, 0.2) is 12.1 Å². The highest BCUT2D eigenvalue weighted by Gasteiger charge is 2.13. The normalized spacial score (nSPS) is 11.8. The third kappa shape index (κ3) is 4.02. The summed E-state index contributed by atoms with van der Waals surface area (Å²) < 4.78 is 0. The molecule has 0 aromatic carbocycles. The molecule has 0 radical (unpaired) electrons. The summed E-state index contributed by atoms with van der Waals surface area (Å²) in [6.45, 7) is 6.21. The summed E-state index contributed by atoms with van der Waals surface area (Å²) in [4.78, 5) is 12.5. The van der Waals surface area contributed by atoms with Gasteiger partial charge in [-0.3, -0.25) is 4.79 Å². The molecule has 1 amide bonds. The van der Waals surface area contributed by atoms with Crippen molar-refractivity contribution in [3.63, 3.8) is 0 Å². The number of nitrogens with one attached hydrogen (secondary N) is 2. The van der Waals surface area contributed by atoms with E-state index < -0.39 is 0 Å². The van der Waals surface area contributed by atoms with Crippen molar-refractivity contribution in [1.82, 2.24) is 5.32 Å². The minimum absolute atomic E-state index is 0. The van der Waals surface area contributed by atoms with E-state index in [9.17, 15) is 4.79 Å².